The van der Waals surface area contributed by atoms with Crippen LogP contribution in [0.1, 0.15) is 23.2 Å². The summed E-state index contributed by atoms with van der Waals surface area (Å²) in [5.41, 5.74) is 0.729. The monoisotopic (exact) mass is 417 g/mol. The van der Waals surface area contributed by atoms with Crippen LogP contribution in [0.25, 0.3) is 0 Å². The molecule has 0 spiro atoms. The van der Waals surface area contributed by atoms with Gasteiger partial charge in [-0.15, -0.1) is 0 Å². The van der Waals surface area contributed by atoms with E-state index in [2.05, 4.69) is 21.2 Å². The Morgan fingerprint density at radius 3 is 2.10 bits per heavy atom. The number of hydrogen-bond acceptors (Lipinski definition) is 3. The maximum atomic E-state index is 12.1. The summed E-state index contributed by atoms with van der Waals surface area (Å²) in [6, 6.07) is 9.10. The number of benzene rings is 1. The van der Waals surface area contributed by atoms with E-state index in [1.165, 1.54) is 9.12 Å². The number of aldehydes is 1. The molecule has 1 aliphatic rings. The zero-order chi connectivity index (χ0) is 15.0. The van der Waals surface area contributed by atoms with Gasteiger partial charge in [0.15, 0.2) is 0 Å². The third-order valence-electron chi connectivity index (χ3n) is 2.95. The minimum Gasteiger partial charge on any atom is -0.298 e. The molecule has 112 valence electrons. The van der Waals surface area contributed by atoms with E-state index in [9.17, 15) is 18.0 Å². The standard InChI is InChI=1S/C7H6O.C6H9F3INS/c8-6-7-4-2-1-3-5-7;7-6(8,9)5-1-3-11(12-10)4-2-5/h1-6H;5H,1-4H2. The molecule has 0 unspecified atom stereocenters. The van der Waals surface area contributed by atoms with Crippen LogP contribution in [0.5, 0.6) is 0 Å². The Balaban J connectivity index is 0.000000217. The topological polar surface area (TPSA) is 20.3 Å². The summed E-state index contributed by atoms with van der Waals surface area (Å²) in [6.07, 6.45) is -2.65. The van der Waals surface area contributed by atoms with Gasteiger partial charge in [-0.3, -0.25) is 4.79 Å². The number of piperidine rings is 1. The van der Waals surface area contributed by atoms with E-state index < -0.39 is 12.1 Å². The lowest BCUT2D eigenvalue weighted by Crippen LogP contribution is -2.35. The van der Waals surface area contributed by atoms with E-state index in [0.29, 0.717) is 13.1 Å². The van der Waals surface area contributed by atoms with Crippen LogP contribution >= 0.6 is 30.3 Å². The van der Waals surface area contributed by atoms with Crippen LogP contribution in [-0.4, -0.2) is 29.9 Å². The van der Waals surface area contributed by atoms with Crippen molar-refractivity contribution in [3.8, 4) is 0 Å². The van der Waals surface area contributed by atoms with Crippen molar-refractivity contribution < 1.29 is 18.0 Å². The number of carbonyl (C=O) groups excluding carboxylic acids is 1. The summed E-state index contributed by atoms with van der Waals surface area (Å²) in [4.78, 5) is 10.0. The smallest absolute Gasteiger partial charge is 0.298 e. The first-order chi connectivity index (χ1) is 9.47. The van der Waals surface area contributed by atoms with Crippen molar-refractivity contribution in [2.45, 2.75) is 19.0 Å². The van der Waals surface area contributed by atoms with Crippen LogP contribution in [-0.2, 0) is 0 Å². The normalized spacial score (nSPS) is 17.2. The molecule has 0 atom stereocenters. The lowest BCUT2D eigenvalue weighted by Gasteiger charge is -2.30. The Bertz CT molecular complexity index is 394. The second-order valence-electron chi connectivity index (χ2n) is 4.34. The number of alkyl halides is 3. The highest BCUT2D eigenvalue weighted by atomic mass is 127. The maximum absolute atomic E-state index is 12.1. The van der Waals surface area contributed by atoms with Gasteiger partial charge in [-0.05, 0) is 22.0 Å². The fraction of sp³-hybridized carbons (Fsp3) is 0.462. The molecule has 0 bridgehead atoms. The van der Waals surface area contributed by atoms with Gasteiger partial charge in [-0.25, -0.2) is 4.31 Å². The van der Waals surface area contributed by atoms with Crippen LogP contribution < -0.4 is 0 Å². The molecule has 1 aromatic carbocycles. The average Bonchev–Trinajstić information content (AvgIpc) is 2.48. The summed E-state index contributed by atoms with van der Waals surface area (Å²) >= 11 is 2.10. The lowest BCUT2D eigenvalue weighted by atomic mass is 9.98. The SMILES string of the molecule is FC(F)(F)C1CCN(SI)CC1.O=Cc1ccccc1. The molecule has 1 heterocycles. The highest BCUT2D eigenvalue weighted by Gasteiger charge is 2.40. The van der Waals surface area contributed by atoms with Gasteiger partial charge in [0.05, 0.1) is 5.92 Å². The molecular formula is C13H15F3INOS. The van der Waals surface area contributed by atoms with E-state index in [0.717, 1.165) is 11.8 Å². The van der Waals surface area contributed by atoms with Gasteiger partial charge < -0.3 is 0 Å². The summed E-state index contributed by atoms with van der Waals surface area (Å²) < 4.78 is 38.4. The summed E-state index contributed by atoms with van der Waals surface area (Å²) in [6.45, 7) is 1.11. The molecule has 1 aromatic rings. The van der Waals surface area contributed by atoms with Gasteiger partial charge in [0.25, 0.3) is 0 Å². The summed E-state index contributed by atoms with van der Waals surface area (Å²) in [5.74, 6) is -1.07. The second kappa shape index (κ2) is 8.89. The van der Waals surface area contributed by atoms with Crippen molar-refractivity contribution in [1.29, 1.82) is 0 Å². The first kappa shape index (κ1) is 17.8. The van der Waals surface area contributed by atoms with Crippen molar-refractivity contribution in [2.24, 2.45) is 5.92 Å². The molecule has 20 heavy (non-hydrogen) atoms. The molecule has 2 rings (SSSR count). The summed E-state index contributed by atoms with van der Waals surface area (Å²) in [7, 11) is 1.49. The Hall–Kier alpha value is -0.280. The molecule has 0 radical (unpaired) electrons. The van der Waals surface area contributed by atoms with Crippen molar-refractivity contribution >= 4 is 36.6 Å². The first-order valence-corrected chi connectivity index (χ1v) is 9.39. The fourth-order valence-corrected chi connectivity index (χ4v) is 3.31. The maximum Gasteiger partial charge on any atom is 0.391 e. The molecule has 7 heteroatoms. The van der Waals surface area contributed by atoms with Crippen molar-refractivity contribution in [2.75, 3.05) is 13.1 Å². The van der Waals surface area contributed by atoms with Crippen LogP contribution in [0.3, 0.4) is 0 Å². The first-order valence-electron chi connectivity index (χ1n) is 6.08. The fourth-order valence-electron chi connectivity index (χ4n) is 1.78. The van der Waals surface area contributed by atoms with E-state index in [4.69, 9.17) is 0 Å². The van der Waals surface area contributed by atoms with Gasteiger partial charge in [-0.1, -0.05) is 30.3 Å². The molecule has 1 saturated heterocycles. The van der Waals surface area contributed by atoms with E-state index >= 15 is 0 Å². The molecule has 0 aliphatic carbocycles. The predicted octanol–water partition coefficient (Wildman–Crippen LogP) is 4.76. The highest BCUT2D eigenvalue weighted by Crippen LogP contribution is 2.36. The van der Waals surface area contributed by atoms with Gasteiger partial charge in [0.2, 0.25) is 0 Å². The van der Waals surface area contributed by atoms with Crippen LogP contribution in [0, 0.1) is 5.92 Å². The largest absolute Gasteiger partial charge is 0.391 e. The van der Waals surface area contributed by atoms with Gasteiger partial charge in [0.1, 0.15) is 6.29 Å². The van der Waals surface area contributed by atoms with Crippen LogP contribution in [0.2, 0.25) is 0 Å². The summed E-state index contributed by atoms with van der Waals surface area (Å²) in [5, 5.41) is 0. The van der Waals surface area contributed by atoms with Crippen LogP contribution in [0.15, 0.2) is 30.3 Å². The molecule has 2 nitrogen and oxygen atoms in total. The Morgan fingerprint density at radius 2 is 1.75 bits per heavy atom. The molecular weight excluding hydrogens is 402 g/mol. The van der Waals surface area contributed by atoms with Gasteiger partial charge in [-0.2, -0.15) is 13.2 Å². The van der Waals surface area contributed by atoms with Gasteiger partial charge >= 0.3 is 6.18 Å². The number of carbonyl (C=O) groups is 1. The molecule has 0 amide bonds. The predicted molar refractivity (Wildman–Crippen MR) is 83.8 cm³/mol. The number of rotatable bonds is 2. The van der Waals surface area contributed by atoms with E-state index in [-0.39, 0.29) is 12.8 Å². The lowest BCUT2D eigenvalue weighted by molar-refractivity contribution is -0.182. The second-order valence-corrected chi connectivity index (χ2v) is 6.18. The molecule has 0 N–H and O–H groups in total. The number of hydrogen-bond donors (Lipinski definition) is 0. The van der Waals surface area contributed by atoms with Crippen molar-refractivity contribution in [3.63, 3.8) is 0 Å². The zero-order valence-corrected chi connectivity index (χ0v) is 13.6. The van der Waals surface area contributed by atoms with Crippen molar-refractivity contribution in [1.82, 2.24) is 4.31 Å². The van der Waals surface area contributed by atoms with Gasteiger partial charge in [0, 0.05) is 39.9 Å². The van der Waals surface area contributed by atoms with Crippen molar-refractivity contribution in [3.05, 3.63) is 35.9 Å². The van der Waals surface area contributed by atoms with Crippen LogP contribution in [0.4, 0.5) is 13.2 Å². The number of halogens is 4. The highest BCUT2D eigenvalue weighted by molar-refractivity contribution is 14.2. The van der Waals surface area contributed by atoms with E-state index in [1.807, 2.05) is 22.5 Å². The Morgan fingerprint density at radius 1 is 1.20 bits per heavy atom. The quantitative estimate of drug-likeness (QED) is 0.393. The minimum absolute atomic E-state index is 0.250. The Kier molecular flexibility index (Phi) is 7.90. The zero-order valence-electron chi connectivity index (χ0n) is 10.6. The molecule has 1 fully saturated rings. The van der Waals surface area contributed by atoms with E-state index in [1.54, 1.807) is 12.1 Å². The molecule has 0 aromatic heterocycles. The number of nitrogens with zero attached hydrogens (tertiary/aromatic N) is 1. The molecule has 0 saturated carbocycles. The molecule has 1 aliphatic heterocycles. The Labute approximate surface area is 132 Å². The third-order valence-corrected chi connectivity index (χ3v) is 5.18. The average molecular weight is 417 g/mol. The minimum atomic E-state index is -3.98. The third kappa shape index (κ3) is 6.45.